The molecule has 0 aromatic heterocycles. The predicted molar refractivity (Wildman–Crippen MR) is 84.3 cm³/mol. The molecule has 2 nitrogen and oxygen atoms in total. The number of para-hydroxylation sites is 1. The van der Waals surface area contributed by atoms with Crippen LogP contribution in [0.5, 0.6) is 11.5 Å². The van der Waals surface area contributed by atoms with Crippen molar-refractivity contribution in [2.45, 2.75) is 33.2 Å². The average molecular weight is 269 g/mol. The van der Waals surface area contributed by atoms with E-state index in [2.05, 4.69) is 43.4 Å². The molecule has 2 aromatic rings. The first kappa shape index (κ1) is 14.6. The Morgan fingerprint density at radius 3 is 2.65 bits per heavy atom. The SMILES string of the molecule is CCCNCc1cccc(Oc2ccccc2CC)c1. The fourth-order valence-corrected chi connectivity index (χ4v) is 2.15. The molecule has 0 radical (unpaired) electrons. The number of ether oxygens (including phenoxy) is 1. The van der Waals surface area contributed by atoms with Crippen molar-refractivity contribution in [3.05, 3.63) is 59.7 Å². The molecule has 1 N–H and O–H groups in total. The van der Waals surface area contributed by atoms with Crippen LogP contribution >= 0.6 is 0 Å². The number of hydrogen-bond donors (Lipinski definition) is 1. The normalized spacial score (nSPS) is 10.5. The third-order valence-electron chi connectivity index (χ3n) is 3.24. The Kier molecular flexibility index (Phi) is 5.63. The second-order valence-corrected chi connectivity index (χ2v) is 4.89. The zero-order valence-electron chi connectivity index (χ0n) is 12.4. The summed E-state index contributed by atoms with van der Waals surface area (Å²) in [6, 6.07) is 16.5. The molecule has 0 heterocycles. The largest absolute Gasteiger partial charge is 0.457 e. The molecule has 0 unspecified atom stereocenters. The second-order valence-electron chi connectivity index (χ2n) is 4.89. The van der Waals surface area contributed by atoms with E-state index in [0.717, 1.165) is 37.4 Å². The average Bonchev–Trinajstić information content (AvgIpc) is 2.48. The summed E-state index contributed by atoms with van der Waals surface area (Å²) in [4.78, 5) is 0. The Bertz CT molecular complexity index is 536. The summed E-state index contributed by atoms with van der Waals surface area (Å²) in [5.74, 6) is 1.86. The number of nitrogens with one attached hydrogen (secondary N) is 1. The van der Waals surface area contributed by atoms with Gasteiger partial charge in [-0.2, -0.15) is 0 Å². The molecule has 0 saturated heterocycles. The van der Waals surface area contributed by atoms with E-state index in [1.807, 2.05) is 24.3 Å². The standard InChI is InChI=1S/C18H23NO/c1-3-12-19-14-15-8-7-10-17(13-15)20-18-11-6-5-9-16(18)4-2/h5-11,13,19H,3-4,12,14H2,1-2H3. The summed E-state index contributed by atoms with van der Waals surface area (Å²) in [5, 5.41) is 3.41. The molecule has 2 aromatic carbocycles. The number of hydrogen-bond acceptors (Lipinski definition) is 2. The molecule has 20 heavy (non-hydrogen) atoms. The van der Waals surface area contributed by atoms with Gasteiger partial charge in [-0.25, -0.2) is 0 Å². The predicted octanol–water partition coefficient (Wildman–Crippen LogP) is 4.54. The summed E-state index contributed by atoms with van der Waals surface area (Å²) >= 11 is 0. The first-order chi connectivity index (χ1) is 9.83. The monoisotopic (exact) mass is 269 g/mol. The minimum absolute atomic E-state index is 0.889. The van der Waals surface area contributed by atoms with E-state index < -0.39 is 0 Å². The highest BCUT2D eigenvalue weighted by Crippen LogP contribution is 2.26. The van der Waals surface area contributed by atoms with E-state index in [-0.39, 0.29) is 0 Å². The van der Waals surface area contributed by atoms with Crippen molar-refractivity contribution in [3.8, 4) is 11.5 Å². The van der Waals surface area contributed by atoms with Gasteiger partial charge in [-0.15, -0.1) is 0 Å². The minimum atomic E-state index is 0.889. The van der Waals surface area contributed by atoms with Gasteiger partial charge >= 0.3 is 0 Å². The van der Waals surface area contributed by atoms with E-state index in [0.29, 0.717) is 0 Å². The van der Waals surface area contributed by atoms with E-state index in [4.69, 9.17) is 4.74 Å². The van der Waals surface area contributed by atoms with Crippen LogP contribution in [0.15, 0.2) is 48.5 Å². The van der Waals surface area contributed by atoms with Crippen LogP contribution in [0.2, 0.25) is 0 Å². The Labute approximate surface area is 121 Å². The van der Waals surface area contributed by atoms with Gasteiger partial charge in [-0.05, 0) is 48.7 Å². The maximum Gasteiger partial charge on any atom is 0.130 e. The van der Waals surface area contributed by atoms with Crippen LogP contribution < -0.4 is 10.1 Å². The first-order valence-electron chi connectivity index (χ1n) is 7.39. The summed E-state index contributed by atoms with van der Waals surface area (Å²) in [6.45, 7) is 6.26. The molecule has 0 spiro atoms. The summed E-state index contributed by atoms with van der Waals surface area (Å²) in [5.41, 5.74) is 2.49. The highest BCUT2D eigenvalue weighted by molar-refractivity contribution is 5.38. The van der Waals surface area contributed by atoms with Gasteiger partial charge in [-0.1, -0.05) is 44.2 Å². The van der Waals surface area contributed by atoms with Crippen molar-refractivity contribution in [3.63, 3.8) is 0 Å². The fourth-order valence-electron chi connectivity index (χ4n) is 2.15. The topological polar surface area (TPSA) is 21.3 Å². The van der Waals surface area contributed by atoms with Crippen molar-refractivity contribution in [1.82, 2.24) is 5.32 Å². The molecule has 0 amide bonds. The maximum atomic E-state index is 6.02. The number of rotatable bonds is 7. The second kappa shape index (κ2) is 7.71. The van der Waals surface area contributed by atoms with Crippen LogP contribution in [0.25, 0.3) is 0 Å². The van der Waals surface area contributed by atoms with Crippen LogP contribution in [0.4, 0.5) is 0 Å². The van der Waals surface area contributed by atoms with Crippen molar-refractivity contribution in [1.29, 1.82) is 0 Å². The van der Waals surface area contributed by atoms with E-state index in [1.165, 1.54) is 11.1 Å². The van der Waals surface area contributed by atoms with E-state index in [1.54, 1.807) is 0 Å². The van der Waals surface area contributed by atoms with E-state index in [9.17, 15) is 0 Å². The van der Waals surface area contributed by atoms with Gasteiger partial charge in [0, 0.05) is 6.54 Å². The molecule has 0 bridgehead atoms. The molecule has 0 atom stereocenters. The highest BCUT2D eigenvalue weighted by Gasteiger charge is 2.03. The lowest BCUT2D eigenvalue weighted by Crippen LogP contribution is -2.13. The van der Waals surface area contributed by atoms with Crippen LogP contribution in [0, 0.1) is 0 Å². The van der Waals surface area contributed by atoms with Gasteiger partial charge in [0.05, 0.1) is 0 Å². The lowest BCUT2D eigenvalue weighted by Gasteiger charge is -2.11. The molecule has 0 saturated carbocycles. The third kappa shape index (κ3) is 4.10. The maximum absolute atomic E-state index is 6.02. The Morgan fingerprint density at radius 2 is 1.85 bits per heavy atom. The van der Waals surface area contributed by atoms with Gasteiger partial charge in [0.2, 0.25) is 0 Å². The zero-order chi connectivity index (χ0) is 14.2. The number of benzene rings is 2. The summed E-state index contributed by atoms with van der Waals surface area (Å²) in [7, 11) is 0. The molecule has 0 aliphatic carbocycles. The van der Waals surface area contributed by atoms with Crippen LogP contribution in [0.3, 0.4) is 0 Å². The van der Waals surface area contributed by atoms with Crippen molar-refractivity contribution < 1.29 is 4.74 Å². The Hall–Kier alpha value is -1.80. The molecule has 106 valence electrons. The Morgan fingerprint density at radius 1 is 1.00 bits per heavy atom. The summed E-state index contributed by atoms with van der Waals surface area (Å²) < 4.78 is 6.02. The quantitative estimate of drug-likeness (QED) is 0.745. The molecule has 0 aliphatic rings. The van der Waals surface area contributed by atoms with Crippen molar-refractivity contribution in [2.75, 3.05) is 6.54 Å². The molecule has 0 fully saturated rings. The third-order valence-corrected chi connectivity index (χ3v) is 3.24. The van der Waals surface area contributed by atoms with Gasteiger partial charge < -0.3 is 10.1 Å². The first-order valence-corrected chi connectivity index (χ1v) is 7.39. The van der Waals surface area contributed by atoms with Crippen molar-refractivity contribution in [2.24, 2.45) is 0 Å². The number of aryl methyl sites for hydroxylation is 1. The molecular weight excluding hydrogens is 246 g/mol. The van der Waals surface area contributed by atoms with Crippen molar-refractivity contribution >= 4 is 0 Å². The van der Waals surface area contributed by atoms with Crippen LogP contribution in [-0.2, 0) is 13.0 Å². The van der Waals surface area contributed by atoms with Crippen LogP contribution in [-0.4, -0.2) is 6.54 Å². The molecule has 0 aliphatic heterocycles. The lowest BCUT2D eigenvalue weighted by atomic mass is 10.1. The zero-order valence-corrected chi connectivity index (χ0v) is 12.4. The molecular formula is C18H23NO. The van der Waals surface area contributed by atoms with Gasteiger partial charge in [0.15, 0.2) is 0 Å². The van der Waals surface area contributed by atoms with Crippen LogP contribution in [0.1, 0.15) is 31.4 Å². The fraction of sp³-hybridized carbons (Fsp3) is 0.333. The molecule has 2 rings (SSSR count). The highest BCUT2D eigenvalue weighted by atomic mass is 16.5. The van der Waals surface area contributed by atoms with Gasteiger partial charge in [-0.3, -0.25) is 0 Å². The van der Waals surface area contributed by atoms with Gasteiger partial charge in [0.1, 0.15) is 11.5 Å². The van der Waals surface area contributed by atoms with Gasteiger partial charge in [0.25, 0.3) is 0 Å². The smallest absolute Gasteiger partial charge is 0.130 e. The summed E-state index contributed by atoms with van der Waals surface area (Å²) in [6.07, 6.45) is 2.13. The molecule has 2 heteroatoms. The minimum Gasteiger partial charge on any atom is -0.457 e. The lowest BCUT2D eigenvalue weighted by molar-refractivity contribution is 0.476. The van der Waals surface area contributed by atoms with E-state index >= 15 is 0 Å². The Balaban J connectivity index is 2.07.